The van der Waals surface area contributed by atoms with Gasteiger partial charge < -0.3 is 24.6 Å². The highest BCUT2D eigenvalue weighted by atomic mass is 19.4. The Morgan fingerprint density at radius 2 is 1.85 bits per heavy atom. The third-order valence-corrected chi connectivity index (χ3v) is 6.34. The van der Waals surface area contributed by atoms with E-state index in [0.717, 1.165) is 7.05 Å². The summed E-state index contributed by atoms with van der Waals surface area (Å²) in [5.41, 5.74) is 0.694. The number of piperidine rings is 1. The van der Waals surface area contributed by atoms with E-state index in [1.54, 1.807) is 17.7 Å². The van der Waals surface area contributed by atoms with Crippen molar-refractivity contribution in [3.05, 3.63) is 53.4 Å². The third-order valence-electron chi connectivity index (χ3n) is 6.34. The number of aromatic nitrogens is 2. The summed E-state index contributed by atoms with van der Waals surface area (Å²) < 4.78 is 79.4. The molecule has 1 saturated heterocycles. The Kier molecular flexibility index (Phi) is 9.48. The summed E-state index contributed by atoms with van der Waals surface area (Å²) in [5, 5.41) is 12.7. The van der Waals surface area contributed by atoms with Crippen molar-refractivity contribution in [3.8, 4) is 5.75 Å². The van der Waals surface area contributed by atoms with Gasteiger partial charge in [0, 0.05) is 33.4 Å². The van der Waals surface area contributed by atoms with E-state index < -0.39 is 31.0 Å². The van der Waals surface area contributed by atoms with Crippen molar-refractivity contribution in [2.75, 3.05) is 39.8 Å². The number of carboxylic acids is 1. The fraction of sp³-hybridized carbons (Fsp3) is 0.542. The highest BCUT2D eigenvalue weighted by molar-refractivity contribution is 5.84. The van der Waals surface area contributed by atoms with Gasteiger partial charge >= 0.3 is 18.5 Å². The summed E-state index contributed by atoms with van der Waals surface area (Å²) in [6.07, 6.45) is -6.26. The number of carbonyl (C=O) groups is 2. The largest absolute Gasteiger partial charge is 0.658 e. The van der Waals surface area contributed by atoms with Gasteiger partial charge in [-0.25, -0.2) is 9.78 Å². The number of carbonyl (C=O) groups excluding carboxylic acids is 1. The summed E-state index contributed by atoms with van der Waals surface area (Å²) in [4.78, 5) is 28.2. The quantitative estimate of drug-likeness (QED) is 0.466. The second kappa shape index (κ2) is 12.2. The van der Waals surface area contributed by atoms with Crippen molar-refractivity contribution in [1.29, 1.82) is 0 Å². The molecule has 2 fully saturated rings. The molecule has 0 spiro atoms. The first-order valence-electron chi connectivity index (χ1n) is 11.8. The molecule has 2 atom stereocenters. The number of hydrogen-bond donors (Lipinski definition) is 1. The predicted octanol–water partition coefficient (Wildman–Crippen LogP) is 3.78. The van der Waals surface area contributed by atoms with Gasteiger partial charge in [-0.05, 0) is 24.0 Å². The number of ether oxygens (including phenoxy) is 1. The van der Waals surface area contributed by atoms with Gasteiger partial charge in [0.2, 0.25) is 5.91 Å². The molecule has 2 aromatic rings. The zero-order valence-electron chi connectivity index (χ0n) is 21.1. The number of likely N-dealkylation sites (N-methyl/N-ethyl adjacent to an activating group) is 1. The lowest BCUT2D eigenvalue weighted by atomic mass is 10.2. The Bertz CT molecular complexity index is 1130. The van der Waals surface area contributed by atoms with E-state index in [-0.39, 0.29) is 24.5 Å². The average Bonchev–Trinajstić information content (AvgIpc) is 3.12. The molecule has 1 N–H and O–H groups in total. The molecular formula is C24H28F6N5O4-. The van der Waals surface area contributed by atoms with Crippen LogP contribution in [0.5, 0.6) is 5.75 Å². The molecular weight excluding hydrogens is 536 g/mol. The number of benzene rings is 1. The van der Waals surface area contributed by atoms with Crippen LogP contribution >= 0.6 is 0 Å². The van der Waals surface area contributed by atoms with Crippen molar-refractivity contribution in [2.24, 2.45) is 24.8 Å². The second-order valence-electron chi connectivity index (χ2n) is 9.54. The first kappa shape index (κ1) is 30.2. The van der Waals surface area contributed by atoms with Gasteiger partial charge in [0.1, 0.15) is 12.3 Å². The Labute approximate surface area is 220 Å². The number of fused-ring (bicyclic) bond motifs is 1. The molecule has 1 aliphatic heterocycles. The van der Waals surface area contributed by atoms with Crippen LogP contribution in [0.1, 0.15) is 16.1 Å². The summed E-state index contributed by atoms with van der Waals surface area (Å²) in [5.74, 6) is -0.775. The van der Waals surface area contributed by atoms with Gasteiger partial charge in [-0.3, -0.25) is 9.69 Å². The molecule has 2 heterocycles. The van der Waals surface area contributed by atoms with E-state index >= 15 is 0 Å². The van der Waals surface area contributed by atoms with Crippen LogP contribution in [0.25, 0.3) is 5.32 Å². The third kappa shape index (κ3) is 9.73. The average molecular weight is 565 g/mol. The molecule has 1 aromatic heterocycles. The molecule has 15 heteroatoms. The number of nitrogens with zero attached hydrogens (tertiary/aromatic N) is 5. The number of hydrogen-bond acceptors (Lipinski definition) is 5. The monoisotopic (exact) mass is 564 g/mol. The Hall–Kier alpha value is -3.33. The highest BCUT2D eigenvalue weighted by Gasteiger charge is 2.53. The number of amides is 1. The Balaban J connectivity index is 0.000000395. The van der Waals surface area contributed by atoms with E-state index in [0.29, 0.717) is 47.9 Å². The summed E-state index contributed by atoms with van der Waals surface area (Å²) >= 11 is 0. The molecule has 216 valence electrons. The molecule has 1 saturated carbocycles. The molecule has 1 aromatic carbocycles. The Morgan fingerprint density at radius 1 is 1.18 bits per heavy atom. The molecule has 39 heavy (non-hydrogen) atoms. The number of likely N-dealkylation sites (tertiary alicyclic amines) is 1. The van der Waals surface area contributed by atoms with Crippen molar-refractivity contribution >= 4 is 11.9 Å². The molecule has 4 rings (SSSR count). The van der Waals surface area contributed by atoms with Crippen LogP contribution in [-0.4, -0.2) is 88.6 Å². The molecule has 1 aliphatic carbocycles. The standard InChI is InChI=1S/C19H22F6N3O2.C5H6N2O2/c1-27(11-18(20,21)22)17(29)10-28-8-15-14(16(15)9-28)7-26-6-12-3-2-4-13(5-12)30-19(23,24)25;1-7-2-4(5(8)9)6-3-7/h2-5,14-16H,6-11H2,1H3;2-3H,1H3,(H,8,9)/q-1;. The van der Waals surface area contributed by atoms with Crippen molar-refractivity contribution < 1.29 is 45.8 Å². The number of aromatic carboxylic acids is 1. The number of halogens is 6. The van der Waals surface area contributed by atoms with E-state index in [9.17, 15) is 35.9 Å². The normalized spacial score (nSPS) is 20.6. The van der Waals surface area contributed by atoms with Crippen LogP contribution in [-0.2, 0) is 18.4 Å². The number of carboxylic acid groups (broad SMARTS) is 1. The fourth-order valence-corrected chi connectivity index (χ4v) is 4.51. The Morgan fingerprint density at radius 3 is 2.36 bits per heavy atom. The van der Waals surface area contributed by atoms with Gasteiger partial charge in [0.15, 0.2) is 5.69 Å². The smallest absolute Gasteiger partial charge is 0.573 e. The highest BCUT2D eigenvalue weighted by Crippen LogP contribution is 2.52. The maximum atomic E-state index is 12.4. The first-order chi connectivity index (χ1) is 18.1. The molecule has 1 amide bonds. The first-order valence-corrected chi connectivity index (χ1v) is 11.8. The summed E-state index contributed by atoms with van der Waals surface area (Å²) in [6.45, 7) is 0.834. The van der Waals surface area contributed by atoms with Gasteiger partial charge in [0.25, 0.3) is 0 Å². The van der Waals surface area contributed by atoms with Crippen LogP contribution in [0.15, 0.2) is 36.8 Å². The number of imidazole rings is 1. The second-order valence-corrected chi connectivity index (χ2v) is 9.54. The number of rotatable bonds is 9. The fourth-order valence-electron chi connectivity index (χ4n) is 4.51. The predicted molar refractivity (Wildman–Crippen MR) is 126 cm³/mol. The zero-order valence-corrected chi connectivity index (χ0v) is 21.1. The van der Waals surface area contributed by atoms with Crippen molar-refractivity contribution in [1.82, 2.24) is 19.4 Å². The zero-order chi connectivity index (χ0) is 29.0. The van der Waals surface area contributed by atoms with Gasteiger partial charge in [-0.1, -0.05) is 23.6 Å². The molecule has 0 radical (unpaired) electrons. The maximum Gasteiger partial charge on any atom is 0.573 e. The van der Waals surface area contributed by atoms with Gasteiger partial charge in [0.05, 0.1) is 12.9 Å². The molecule has 2 aliphatic rings. The SMILES string of the molecule is CN(CC(F)(F)F)C(=O)CN1CC2C(C[N-]Cc3cccc(OC(F)(F)F)c3)C2C1.Cn1cnc(C(=O)O)c1. The number of alkyl halides is 6. The lowest BCUT2D eigenvalue weighted by Gasteiger charge is -2.26. The van der Waals surface area contributed by atoms with Crippen molar-refractivity contribution in [2.45, 2.75) is 19.1 Å². The topological polar surface area (TPSA) is 102 Å². The maximum absolute atomic E-state index is 12.4. The lowest BCUT2D eigenvalue weighted by molar-refractivity contribution is -0.274. The molecule has 2 unspecified atom stereocenters. The van der Waals surface area contributed by atoms with E-state index in [1.807, 2.05) is 4.90 Å². The summed E-state index contributed by atoms with van der Waals surface area (Å²) in [7, 11) is 2.86. The van der Waals surface area contributed by atoms with Gasteiger partial charge in [-0.2, -0.15) is 13.2 Å². The van der Waals surface area contributed by atoms with Crippen LogP contribution in [0.4, 0.5) is 26.3 Å². The van der Waals surface area contributed by atoms with E-state index in [1.165, 1.54) is 30.7 Å². The van der Waals surface area contributed by atoms with Crippen LogP contribution in [0.3, 0.4) is 0 Å². The van der Waals surface area contributed by atoms with Gasteiger partial charge in [-0.15, -0.1) is 26.3 Å². The molecule has 0 bridgehead atoms. The minimum atomic E-state index is -4.74. The van der Waals surface area contributed by atoms with E-state index in [4.69, 9.17) is 5.11 Å². The minimum absolute atomic E-state index is 0.0323. The lowest BCUT2D eigenvalue weighted by Crippen LogP contribution is -2.42. The minimum Gasteiger partial charge on any atom is -0.658 e. The summed E-state index contributed by atoms with van der Waals surface area (Å²) in [6, 6.07) is 5.67. The molecule has 9 nitrogen and oxygen atoms in total. The van der Waals surface area contributed by atoms with Crippen LogP contribution < -0.4 is 4.74 Å². The number of aryl methyl sites for hydroxylation is 1. The van der Waals surface area contributed by atoms with E-state index in [2.05, 4.69) is 15.0 Å². The van der Waals surface area contributed by atoms with Crippen LogP contribution in [0, 0.1) is 17.8 Å². The van der Waals surface area contributed by atoms with Crippen LogP contribution in [0.2, 0.25) is 0 Å². The van der Waals surface area contributed by atoms with Crippen molar-refractivity contribution in [3.63, 3.8) is 0 Å².